The standard InChI is InChI=1S/C13H13FN2O2S/c1-8-10(7-19-16-8)13(18)15-6-12(17)9-4-2-3-5-11(9)14/h2-5,7,12,17H,6H2,1H3,(H,15,18). The van der Waals surface area contributed by atoms with Gasteiger partial charge >= 0.3 is 0 Å². The Labute approximate surface area is 114 Å². The highest BCUT2D eigenvalue weighted by molar-refractivity contribution is 7.03. The predicted molar refractivity (Wildman–Crippen MR) is 70.5 cm³/mol. The van der Waals surface area contributed by atoms with Crippen LogP contribution in [0.15, 0.2) is 29.6 Å². The molecule has 0 fully saturated rings. The molecular formula is C13H13FN2O2S. The van der Waals surface area contributed by atoms with Crippen molar-refractivity contribution in [2.45, 2.75) is 13.0 Å². The molecule has 19 heavy (non-hydrogen) atoms. The quantitative estimate of drug-likeness (QED) is 0.901. The number of aliphatic hydroxyl groups excluding tert-OH is 1. The number of rotatable bonds is 4. The van der Waals surface area contributed by atoms with E-state index in [4.69, 9.17) is 0 Å². The molecule has 1 amide bonds. The van der Waals surface area contributed by atoms with Gasteiger partial charge in [0.05, 0.1) is 17.4 Å². The summed E-state index contributed by atoms with van der Waals surface area (Å²) in [6.45, 7) is 1.69. The van der Waals surface area contributed by atoms with Crippen molar-refractivity contribution in [2.24, 2.45) is 0 Å². The Balaban J connectivity index is 1.98. The number of carbonyl (C=O) groups is 1. The van der Waals surface area contributed by atoms with Crippen LogP contribution in [0.2, 0.25) is 0 Å². The van der Waals surface area contributed by atoms with Gasteiger partial charge in [0.1, 0.15) is 5.82 Å². The van der Waals surface area contributed by atoms with Crippen molar-refractivity contribution in [3.63, 3.8) is 0 Å². The molecule has 4 nitrogen and oxygen atoms in total. The van der Waals surface area contributed by atoms with Gasteiger partial charge in [-0.25, -0.2) is 4.39 Å². The fourth-order valence-electron chi connectivity index (χ4n) is 1.65. The number of nitrogens with zero attached hydrogens (tertiary/aromatic N) is 1. The van der Waals surface area contributed by atoms with Crippen LogP contribution in [0.4, 0.5) is 4.39 Å². The van der Waals surface area contributed by atoms with Gasteiger partial charge in [-0.05, 0) is 24.5 Å². The Hall–Kier alpha value is -1.79. The molecule has 1 aromatic carbocycles. The van der Waals surface area contributed by atoms with E-state index in [9.17, 15) is 14.3 Å². The number of hydrogen-bond acceptors (Lipinski definition) is 4. The molecule has 0 aliphatic heterocycles. The summed E-state index contributed by atoms with van der Waals surface area (Å²) in [5.74, 6) is -0.806. The van der Waals surface area contributed by atoms with Crippen LogP contribution < -0.4 is 5.32 Å². The molecule has 2 aromatic rings. The Morgan fingerprint density at radius 1 is 1.53 bits per heavy atom. The molecule has 2 N–H and O–H groups in total. The number of aryl methyl sites for hydroxylation is 1. The molecule has 2 rings (SSSR count). The summed E-state index contributed by atoms with van der Waals surface area (Å²) < 4.78 is 17.4. The summed E-state index contributed by atoms with van der Waals surface area (Å²) in [6, 6.07) is 5.94. The third-order valence-electron chi connectivity index (χ3n) is 2.71. The minimum Gasteiger partial charge on any atom is -0.386 e. The summed E-state index contributed by atoms with van der Waals surface area (Å²) in [5, 5.41) is 14.1. The normalized spacial score (nSPS) is 12.2. The Morgan fingerprint density at radius 2 is 2.26 bits per heavy atom. The molecule has 0 saturated carbocycles. The summed E-state index contributed by atoms with van der Waals surface area (Å²) in [4.78, 5) is 11.8. The monoisotopic (exact) mass is 280 g/mol. The summed E-state index contributed by atoms with van der Waals surface area (Å²) in [5.41, 5.74) is 1.29. The van der Waals surface area contributed by atoms with Crippen LogP contribution in [-0.2, 0) is 0 Å². The van der Waals surface area contributed by atoms with Gasteiger partial charge in [-0.2, -0.15) is 4.37 Å². The predicted octanol–water partition coefficient (Wildman–Crippen LogP) is 2.05. The van der Waals surface area contributed by atoms with E-state index in [0.29, 0.717) is 11.3 Å². The Morgan fingerprint density at radius 3 is 2.89 bits per heavy atom. The van der Waals surface area contributed by atoms with Crippen molar-refractivity contribution in [2.75, 3.05) is 6.54 Å². The Kier molecular flexibility index (Phi) is 4.24. The molecule has 0 spiro atoms. The van der Waals surface area contributed by atoms with Crippen LogP contribution in [0.1, 0.15) is 27.7 Å². The van der Waals surface area contributed by atoms with Crippen molar-refractivity contribution in [1.29, 1.82) is 0 Å². The zero-order chi connectivity index (χ0) is 13.8. The summed E-state index contributed by atoms with van der Waals surface area (Å²) in [6.07, 6.45) is -1.07. The lowest BCUT2D eigenvalue weighted by Gasteiger charge is -2.12. The maximum atomic E-state index is 13.4. The van der Waals surface area contributed by atoms with Gasteiger partial charge in [0, 0.05) is 17.5 Å². The zero-order valence-electron chi connectivity index (χ0n) is 10.3. The second-order valence-electron chi connectivity index (χ2n) is 4.06. The van der Waals surface area contributed by atoms with E-state index in [0.717, 1.165) is 0 Å². The van der Waals surface area contributed by atoms with E-state index < -0.39 is 11.9 Å². The number of benzene rings is 1. The molecule has 0 aliphatic carbocycles. The number of nitrogens with one attached hydrogen (secondary N) is 1. The molecular weight excluding hydrogens is 267 g/mol. The second kappa shape index (κ2) is 5.90. The van der Waals surface area contributed by atoms with Gasteiger partial charge < -0.3 is 10.4 Å². The smallest absolute Gasteiger partial charge is 0.254 e. The van der Waals surface area contributed by atoms with Crippen molar-refractivity contribution >= 4 is 17.4 Å². The van der Waals surface area contributed by atoms with Crippen LogP contribution in [0.3, 0.4) is 0 Å². The van der Waals surface area contributed by atoms with E-state index >= 15 is 0 Å². The van der Waals surface area contributed by atoms with Gasteiger partial charge in [-0.1, -0.05) is 18.2 Å². The van der Waals surface area contributed by atoms with Crippen LogP contribution in [0.5, 0.6) is 0 Å². The van der Waals surface area contributed by atoms with Gasteiger partial charge in [0.15, 0.2) is 0 Å². The van der Waals surface area contributed by atoms with Gasteiger partial charge in [0.25, 0.3) is 5.91 Å². The van der Waals surface area contributed by atoms with Gasteiger partial charge in [-0.15, -0.1) is 0 Å². The van der Waals surface area contributed by atoms with Crippen LogP contribution in [0, 0.1) is 12.7 Å². The molecule has 1 unspecified atom stereocenters. The van der Waals surface area contributed by atoms with E-state index in [1.807, 2.05) is 0 Å². The lowest BCUT2D eigenvalue weighted by molar-refractivity contribution is 0.0913. The molecule has 6 heteroatoms. The zero-order valence-corrected chi connectivity index (χ0v) is 11.1. The highest BCUT2D eigenvalue weighted by Gasteiger charge is 2.15. The largest absolute Gasteiger partial charge is 0.386 e. The molecule has 0 aliphatic rings. The van der Waals surface area contributed by atoms with Crippen LogP contribution in [0.25, 0.3) is 0 Å². The van der Waals surface area contributed by atoms with E-state index in [2.05, 4.69) is 9.69 Å². The number of carbonyl (C=O) groups excluding carboxylic acids is 1. The third-order valence-corrected chi connectivity index (χ3v) is 3.44. The van der Waals surface area contributed by atoms with Gasteiger partial charge in [-0.3, -0.25) is 4.79 Å². The number of aliphatic hydroxyl groups is 1. The van der Waals surface area contributed by atoms with E-state index in [1.54, 1.807) is 24.4 Å². The Bertz CT molecular complexity index is 586. The maximum Gasteiger partial charge on any atom is 0.254 e. The molecule has 0 saturated heterocycles. The second-order valence-corrected chi connectivity index (χ2v) is 4.69. The van der Waals surface area contributed by atoms with Crippen molar-refractivity contribution in [1.82, 2.24) is 9.69 Å². The molecule has 0 radical (unpaired) electrons. The topological polar surface area (TPSA) is 62.2 Å². The molecule has 1 atom stereocenters. The third kappa shape index (κ3) is 3.15. The SMILES string of the molecule is Cc1nscc1C(=O)NCC(O)c1ccccc1F. The van der Waals surface area contributed by atoms with Crippen molar-refractivity contribution < 1.29 is 14.3 Å². The fourth-order valence-corrected chi connectivity index (χ4v) is 2.34. The highest BCUT2D eigenvalue weighted by atomic mass is 32.1. The number of aromatic nitrogens is 1. The van der Waals surface area contributed by atoms with Crippen LogP contribution >= 0.6 is 11.5 Å². The molecule has 1 aromatic heterocycles. The number of halogens is 1. The lowest BCUT2D eigenvalue weighted by Crippen LogP contribution is -2.28. The van der Waals surface area contributed by atoms with E-state index in [-0.39, 0.29) is 18.0 Å². The maximum absolute atomic E-state index is 13.4. The van der Waals surface area contributed by atoms with Crippen LogP contribution in [-0.4, -0.2) is 21.9 Å². The number of hydrogen-bond donors (Lipinski definition) is 2. The highest BCUT2D eigenvalue weighted by Crippen LogP contribution is 2.16. The number of amides is 1. The summed E-state index contributed by atoms with van der Waals surface area (Å²) >= 11 is 1.19. The summed E-state index contributed by atoms with van der Waals surface area (Å²) in [7, 11) is 0. The average Bonchev–Trinajstić information content (AvgIpc) is 2.82. The minimum atomic E-state index is -1.07. The first-order chi connectivity index (χ1) is 9.09. The minimum absolute atomic E-state index is 0.0466. The van der Waals surface area contributed by atoms with Crippen molar-refractivity contribution in [3.8, 4) is 0 Å². The molecule has 0 bridgehead atoms. The molecule has 100 valence electrons. The first-order valence-corrected chi connectivity index (χ1v) is 6.55. The fraction of sp³-hybridized carbons (Fsp3) is 0.231. The van der Waals surface area contributed by atoms with E-state index in [1.165, 1.54) is 23.7 Å². The molecule has 1 heterocycles. The first kappa shape index (κ1) is 13.6. The van der Waals surface area contributed by atoms with Gasteiger partial charge in [0.2, 0.25) is 0 Å². The lowest BCUT2D eigenvalue weighted by atomic mass is 10.1. The first-order valence-electron chi connectivity index (χ1n) is 5.71. The van der Waals surface area contributed by atoms with Crippen molar-refractivity contribution in [3.05, 3.63) is 52.3 Å². The average molecular weight is 280 g/mol.